The van der Waals surface area contributed by atoms with E-state index in [9.17, 15) is 9.18 Å². The summed E-state index contributed by atoms with van der Waals surface area (Å²) in [6.45, 7) is 6.03. The molecule has 1 saturated carbocycles. The van der Waals surface area contributed by atoms with Crippen molar-refractivity contribution >= 4 is 22.5 Å². The average Bonchev–Trinajstić information content (AvgIpc) is 3.46. The molecular formula is C29H34FN7O. The van der Waals surface area contributed by atoms with Crippen LogP contribution in [-0.2, 0) is 24.1 Å². The number of anilines is 1. The molecule has 4 aromatic rings. The molecule has 6 rings (SSSR count). The molecule has 1 atom stereocenters. The maximum absolute atomic E-state index is 13.6. The van der Waals surface area contributed by atoms with E-state index >= 15 is 0 Å². The van der Waals surface area contributed by atoms with Gasteiger partial charge in [-0.15, -0.1) is 0 Å². The summed E-state index contributed by atoms with van der Waals surface area (Å²) in [4.78, 5) is 22.0. The van der Waals surface area contributed by atoms with Gasteiger partial charge in [0.15, 0.2) is 5.82 Å². The Bertz CT molecular complexity index is 1440. The van der Waals surface area contributed by atoms with E-state index in [2.05, 4.69) is 49.9 Å². The summed E-state index contributed by atoms with van der Waals surface area (Å²) in [7, 11) is 0. The average molecular weight is 516 g/mol. The number of nitrogens with zero attached hydrogens (tertiary/aromatic N) is 6. The predicted molar refractivity (Wildman–Crippen MR) is 145 cm³/mol. The van der Waals surface area contributed by atoms with Crippen LogP contribution in [0.5, 0.6) is 0 Å². The van der Waals surface area contributed by atoms with E-state index < -0.39 is 0 Å². The largest absolute Gasteiger partial charge is 0.368 e. The lowest BCUT2D eigenvalue weighted by Crippen LogP contribution is -2.56. The first kappa shape index (κ1) is 24.6. The number of rotatable bonds is 7. The molecule has 1 amide bonds. The molecule has 3 heterocycles. The number of nitrogens with one attached hydrogen (secondary N) is 1. The highest BCUT2D eigenvalue weighted by molar-refractivity contribution is 5.86. The van der Waals surface area contributed by atoms with E-state index in [1.165, 1.54) is 42.3 Å². The summed E-state index contributed by atoms with van der Waals surface area (Å²) in [5, 5.41) is 13.2. The second kappa shape index (κ2) is 10.2. The van der Waals surface area contributed by atoms with Crippen molar-refractivity contribution in [2.45, 2.75) is 64.5 Å². The first-order valence-corrected chi connectivity index (χ1v) is 13.7. The molecule has 2 aromatic heterocycles. The van der Waals surface area contributed by atoms with Gasteiger partial charge in [-0.25, -0.2) is 9.37 Å². The van der Waals surface area contributed by atoms with Crippen LogP contribution in [0.15, 0.2) is 42.5 Å². The van der Waals surface area contributed by atoms with Crippen molar-refractivity contribution in [1.82, 2.24) is 29.9 Å². The van der Waals surface area contributed by atoms with Gasteiger partial charge in [-0.2, -0.15) is 10.2 Å². The summed E-state index contributed by atoms with van der Waals surface area (Å²) < 4.78 is 15.8. The van der Waals surface area contributed by atoms with Crippen LogP contribution in [0, 0.1) is 12.7 Å². The van der Waals surface area contributed by atoms with Crippen molar-refractivity contribution in [2.75, 3.05) is 24.5 Å². The van der Waals surface area contributed by atoms with E-state index in [0.29, 0.717) is 37.2 Å². The highest BCUT2D eigenvalue weighted by Gasteiger charge is 2.32. The third kappa shape index (κ3) is 4.77. The molecule has 0 spiro atoms. The zero-order chi connectivity index (χ0) is 26.2. The lowest BCUT2D eigenvalue weighted by atomic mass is 9.93. The number of aromatic nitrogens is 5. The Morgan fingerprint density at radius 1 is 1.13 bits per heavy atom. The van der Waals surface area contributed by atoms with Gasteiger partial charge in [-0.1, -0.05) is 19.1 Å². The normalized spacial score (nSPS) is 18.2. The number of fused-ring (bicyclic) bond motifs is 1. The molecule has 1 aliphatic heterocycles. The van der Waals surface area contributed by atoms with Crippen molar-refractivity contribution < 1.29 is 9.18 Å². The fraction of sp³-hybridized carbons (Fsp3) is 0.448. The second-order valence-corrected chi connectivity index (χ2v) is 10.6. The highest BCUT2D eigenvalue weighted by atomic mass is 19.1. The Balaban J connectivity index is 1.27. The fourth-order valence-corrected chi connectivity index (χ4v) is 5.75. The smallest absolute Gasteiger partial charge is 0.230 e. The van der Waals surface area contributed by atoms with E-state index in [1.54, 1.807) is 0 Å². The molecule has 1 N–H and O–H groups in total. The van der Waals surface area contributed by atoms with Crippen molar-refractivity contribution in [2.24, 2.45) is 0 Å². The van der Waals surface area contributed by atoms with Crippen LogP contribution in [0.4, 0.5) is 10.1 Å². The molecule has 2 fully saturated rings. The molecule has 198 valence electrons. The molecular weight excluding hydrogens is 481 g/mol. The van der Waals surface area contributed by atoms with Gasteiger partial charge in [-0.3, -0.25) is 14.6 Å². The van der Waals surface area contributed by atoms with E-state index in [0.717, 1.165) is 29.9 Å². The molecule has 1 saturated heterocycles. The monoisotopic (exact) mass is 515 g/mol. The summed E-state index contributed by atoms with van der Waals surface area (Å²) in [6.07, 6.45) is 5.38. The maximum atomic E-state index is 13.6. The Morgan fingerprint density at radius 3 is 2.63 bits per heavy atom. The van der Waals surface area contributed by atoms with Gasteiger partial charge in [0.1, 0.15) is 11.6 Å². The molecule has 9 heteroatoms. The summed E-state index contributed by atoms with van der Waals surface area (Å²) in [6, 6.07) is 13.7. The number of H-pyrrole nitrogens is 1. The van der Waals surface area contributed by atoms with Crippen LogP contribution in [0.3, 0.4) is 0 Å². The number of carbonyl (C=O) groups is 1. The number of halogens is 1. The minimum atomic E-state index is -0.255. The highest BCUT2D eigenvalue weighted by Crippen LogP contribution is 2.36. The van der Waals surface area contributed by atoms with Crippen molar-refractivity contribution in [1.29, 1.82) is 0 Å². The van der Waals surface area contributed by atoms with Crippen molar-refractivity contribution in [3.63, 3.8) is 0 Å². The zero-order valence-electron chi connectivity index (χ0n) is 22.0. The minimum absolute atomic E-state index is 0.0156. The van der Waals surface area contributed by atoms with Crippen LogP contribution in [0.2, 0.25) is 0 Å². The van der Waals surface area contributed by atoms with Gasteiger partial charge < -0.3 is 9.80 Å². The zero-order valence-corrected chi connectivity index (χ0v) is 22.0. The molecule has 1 unspecified atom stereocenters. The number of benzene rings is 2. The van der Waals surface area contributed by atoms with E-state index in [-0.39, 0.29) is 24.2 Å². The van der Waals surface area contributed by atoms with E-state index in [1.807, 2.05) is 24.0 Å². The maximum Gasteiger partial charge on any atom is 0.230 e. The number of aromatic amines is 1. The number of hydrogen-bond acceptors (Lipinski definition) is 5. The lowest BCUT2D eigenvalue weighted by Gasteiger charge is -2.42. The molecule has 1 aliphatic carbocycles. The number of amides is 1. The topological polar surface area (TPSA) is 82.9 Å². The van der Waals surface area contributed by atoms with Gasteiger partial charge in [0.2, 0.25) is 5.91 Å². The summed E-state index contributed by atoms with van der Waals surface area (Å²) in [5.41, 5.74) is 4.53. The van der Waals surface area contributed by atoms with Crippen LogP contribution in [0.25, 0.3) is 10.9 Å². The Morgan fingerprint density at radius 2 is 1.95 bits per heavy atom. The molecule has 0 bridgehead atoms. The van der Waals surface area contributed by atoms with Crippen LogP contribution in [0.1, 0.15) is 55.1 Å². The minimum Gasteiger partial charge on any atom is -0.368 e. The molecule has 2 aromatic carbocycles. The first-order valence-electron chi connectivity index (χ1n) is 13.7. The second-order valence-electron chi connectivity index (χ2n) is 10.6. The van der Waals surface area contributed by atoms with Crippen LogP contribution >= 0.6 is 0 Å². The summed E-state index contributed by atoms with van der Waals surface area (Å²) >= 11 is 0. The number of piperazine rings is 1. The van der Waals surface area contributed by atoms with Gasteiger partial charge in [0.05, 0.1) is 29.7 Å². The third-order valence-electron chi connectivity index (χ3n) is 8.03. The van der Waals surface area contributed by atoms with E-state index in [4.69, 9.17) is 5.10 Å². The number of carbonyl (C=O) groups excluding carboxylic acids is 1. The molecule has 0 radical (unpaired) electrons. The van der Waals surface area contributed by atoms with Crippen LogP contribution in [-0.4, -0.2) is 61.4 Å². The lowest BCUT2D eigenvalue weighted by molar-refractivity contribution is -0.133. The third-order valence-corrected chi connectivity index (χ3v) is 8.03. The van der Waals surface area contributed by atoms with Gasteiger partial charge in [0.25, 0.3) is 0 Å². The standard InChI is InChI=1S/C29H34FN7O/c1-3-26-25-12-11-23(16-27(25)37(34-26)22-5-4-6-22)35-13-14-36(29(38)17-28-31-19(2)32-33-28)24(18-35)15-20-7-9-21(30)10-8-20/h7-12,16,22,24H,3-6,13-15,17-18H2,1-2H3,(H,31,32,33). The SMILES string of the molecule is CCc1nn(C2CCC2)c2cc(N3CCN(C(=O)Cc4n[nH]c(C)n4)C(Cc4ccc(F)cc4)C3)ccc12. The van der Waals surface area contributed by atoms with Crippen molar-refractivity contribution in [3.05, 3.63) is 71.2 Å². The van der Waals surface area contributed by atoms with Gasteiger partial charge in [-0.05, 0) is 74.9 Å². The first-order chi connectivity index (χ1) is 18.5. The number of hydrogen-bond donors (Lipinski definition) is 1. The molecule has 38 heavy (non-hydrogen) atoms. The fourth-order valence-electron chi connectivity index (χ4n) is 5.75. The quantitative estimate of drug-likeness (QED) is 0.395. The van der Waals surface area contributed by atoms with Gasteiger partial charge in [0, 0.05) is 30.7 Å². The molecule has 2 aliphatic rings. The van der Waals surface area contributed by atoms with Crippen molar-refractivity contribution in [3.8, 4) is 0 Å². The predicted octanol–water partition coefficient (Wildman–Crippen LogP) is 4.39. The Kier molecular flexibility index (Phi) is 6.59. The number of aryl methyl sites for hydroxylation is 2. The van der Waals surface area contributed by atoms with Gasteiger partial charge >= 0.3 is 0 Å². The summed E-state index contributed by atoms with van der Waals surface area (Å²) in [5.74, 6) is 0.969. The Hall–Kier alpha value is -3.75. The van der Waals surface area contributed by atoms with Crippen LogP contribution < -0.4 is 4.90 Å². The Labute approximate surface area is 221 Å². The molecule has 8 nitrogen and oxygen atoms in total.